The largest absolute Gasteiger partial charge is 0.514 e. The van der Waals surface area contributed by atoms with Gasteiger partial charge in [0.15, 0.2) is 0 Å². The van der Waals surface area contributed by atoms with Crippen molar-refractivity contribution < 1.29 is 18.8 Å². The van der Waals surface area contributed by atoms with E-state index in [4.69, 9.17) is 14.0 Å². The highest BCUT2D eigenvalue weighted by molar-refractivity contribution is 6.61. The number of carbonyl (C=O) groups is 1. The van der Waals surface area contributed by atoms with E-state index in [2.05, 4.69) is 4.98 Å². The normalized spacial score (nSPS) is 20.4. The molecule has 0 aliphatic carbocycles. The van der Waals surface area contributed by atoms with Gasteiger partial charge in [-0.15, -0.1) is 0 Å². The van der Waals surface area contributed by atoms with Crippen LogP contribution in [0, 0.1) is 0 Å². The molecule has 0 N–H and O–H groups in total. The number of carbonyl (C=O) groups excluding carboxylic acids is 1. The minimum atomic E-state index is -0.555. The Bertz CT molecular complexity index is 485. The number of aromatic nitrogens is 1. The van der Waals surface area contributed by atoms with Gasteiger partial charge in [0.2, 0.25) is 0 Å². The van der Waals surface area contributed by atoms with Crippen LogP contribution in [0.15, 0.2) is 18.3 Å². The Morgan fingerprint density at radius 3 is 2.37 bits per heavy atom. The number of rotatable bonds is 2. The lowest BCUT2D eigenvalue weighted by Crippen LogP contribution is -2.41. The molecule has 102 valence electrons. The number of pyridine rings is 1. The van der Waals surface area contributed by atoms with Crippen LogP contribution in [0.5, 0.6) is 5.75 Å². The van der Waals surface area contributed by atoms with Gasteiger partial charge in [0.1, 0.15) is 5.75 Å². The summed E-state index contributed by atoms with van der Waals surface area (Å²) < 4.78 is 16.8. The highest BCUT2D eigenvalue weighted by Crippen LogP contribution is 2.36. The van der Waals surface area contributed by atoms with E-state index < -0.39 is 18.3 Å². The van der Waals surface area contributed by atoms with Crippen LogP contribution in [-0.4, -0.2) is 29.3 Å². The third kappa shape index (κ3) is 2.79. The van der Waals surface area contributed by atoms with E-state index in [1.165, 1.54) is 6.92 Å². The molecule has 1 aliphatic heterocycles. The highest BCUT2D eigenvalue weighted by atomic mass is 16.7. The first-order valence-corrected chi connectivity index (χ1v) is 6.21. The van der Waals surface area contributed by atoms with Gasteiger partial charge in [-0.25, -0.2) is 0 Å². The van der Waals surface area contributed by atoms with Crippen molar-refractivity contribution in [3.63, 3.8) is 0 Å². The molecule has 6 heteroatoms. The van der Waals surface area contributed by atoms with Crippen molar-refractivity contribution in [3.8, 4) is 5.75 Å². The summed E-state index contributed by atoms with van der Waals surface area (Å²) in [5, 5.41) is 0. The summed E-state index contributed by atoms with van der Waals surface area (Å²) in [5.74, 6) is 0.0679. The lowest BCUT2D eigenvalue weighted by molar-refractivity contribution is -0.131. The minimum absolute atomic E-state index is 0.369. The molecule has 0 amide bonds. The molecule has 0 aromatic carbocycles. The summed E-state index contributed by atoms with van der Waals surface area (Å²) in [6.45, 7) is 9.26. The molecular formula is C13H18BNO4. The van der Waals surface area contributed by atoms with E-state index in [1.807, 2.05) is 27.7 Å². The van der Waals surface area contributed by atoms with E-state index >= 15 is 0 Å². The number of hydrogen-bond acceptors (Lipinski definition) is 5. The fourth-order valence-electron chi connectivity index (χ4n) is 1.75. The van der Waals surface area contributed by atoms with Crippen molar-refractivity contribution in [1.29, 1.82) is 0 Å². The Balaban J connectivity index is 2.22. The van der Waals surface area contributed by atoms with Crippen LogP contribution in [0.1, 0.15) is 34.6 Å². The summed E-state index contributed by atoms with van der Waals surface area (Å²) in [6, 6.07) is 3.28. The second-order valence-electron chi connectivity index (χ2n) is 5.60. The molecule has 0 unspecified atom stereocenters. The molecule has 0 atom stereocenters. The lowest BCUT2D eigenvalue weighted by Gasteiger charge is -2.32. The number of hydrogen-bond donors (Lipinski definition) is 0. The van der Waals surface area contributed by atoms with Crippen molar-refractivity contribution in [2.75, 3.05) is 0 Å². The third-order valence-corrected chi connectivity index (χ3v) is 3.51. The summed E-state index contributed by atoms with van der Waals surface area (Å²) in [4.78, 5) is 15.2. The smallest absolute Gasteiger partial charge is 0.427 e. The zero-order valence-corrected chi connectivity index (χ0v) is 11.9. The van der Waals surface area contributed by atoms with Crippen LogP contribution in [0.2, 0.25) is 0 Å². The van der Waals surface area contributed by atoms with Crippen LogP contribution in [0.25, 0.3) is 0 Å². The van der Waals surface area contributed by atoms with E-state index in [-0.39, 0.29) is 5.97 Å². The summed E-state index contributed by atoms with van der Waals surface area (Å²) in [6.07, 6.45) is 1.57. The molecule has 0 spiro atoms. The molecular weight excluding hydrogens is 245 g/mol. The first-order valence-electron chi connectivity index (χ1n) is 6.21. The van der Waals surface area contributed by atoms with E-state index in [1.54, 1.807) is 18.3 Å². The van der Waals surface area contributed by atoms with Crippen molar-refractivity contribution in [1.82, 2.24) is 4.98 Å². The molecule has 1 aromatic heterocycles. The number of esters is 1. The topological polar surface area (TPSA) is 57.7 Å². The number of nitrogens with zero attached hydrogens (tertiary/aromatic N) is 1. The Morgan fingerprint density at radius 1 is 1.26 bits per heavy atom. The monoisotopic (exact) mass is 263 g/mol. The van der Waals surface area contributed by atoms with Gasteiger partial charge >= 0.3 is 13.1 Å². The van der Waals surface area contributed by atoms with Crippen LogP contribution < -0.4 is 10.3 Å². The summed E-state index contributed by atoms with van der Waals surface area (Å²) >= 11 is 0. The average molecular weight is 263 g/mol. The first-order chi connectivity index (χ1) is 8.71. The summed E-state index contributed by atoms with van der Waals surface area (Å²) in [7, 11) is -0.555. The zero-order valence-electron chi connectivity index (χ0n) is 11.9. The summed E-state index contributed by atoms with van der Waals surface area (Å²) in [5.41, 5.74) is -0.245. The molecule has 2 heterocycles. The quantitative estimate of drug-likeness (QED) is 0.594. The van der Waals surface area contributed by atoms with E-state index in [0.29, 0.717) is 11.3 Å². The fourth-order valence-corrected chi connectivity index (χ4v) is 1.75. The molecule has 0 saturated carbocycles. The van der Waals surface area contributed by atoms with Gasteiger partial charge in [-0.05, 0) is 39.8 Å². The van der Waals surface area contributed by atoms with Gasteiger partial charge in [0.25, 0.3) is 0 Å². The maximum absolute atomic E-state index is 10.9. The van der Waals surface area contributed by atoms with Gasteiger partial charge < -0.3 is 14.0 Å². The lowest BCUT2D eigenvalue weighted by atomic mass is 9.84. The second-order valence-corrected chi connectivity index (χ2v) is 5.60. The van der Waals surface area contributed by atoms with Crippen molar-refractivity contribution in [3.05, 3.63) is 18.3 Å². The zero-order chi connectivity index (χ0) is 14.3. The van der Waals surface area contributed by atoms with Crippen LogP contribution >= 0.6 is 0 Å². The third-order valence-electron chi connectivity index (χ3n) is 3.51. The van der Waals surface area contributed by atoms with Gasteiger partial charge in [-0.1, -0.05) is 0 Å². The Morgan fingerprint density at radius 2 is 1.84 bits per heavy atom. The van der Waals surface area contributed by atoms with Gasteiger partial charge in [0.05, 0.1) is 16.8 Å². The highest BCUT2D eigenvalue weighted by Gasteiger charge is 2.52. The maximum Gasteiger partial charge on any atom is 0.514 e. The predicted octanol–water partition coefficient (Wildman–Crippen LogP) is 1.31. The van der Waals surface area contributed by atoms with Crippen molar-refractivity contribution >= 4 is 18.7 Å². The first kappa shape index (κ1) is 14.0. The Kier molecular flexibility index (Phi) is 3.41. The van der Waals surface area contributed by atoms with Crippen LogP contribution in [0.3, 0.4) is 0 Å². The van der Waals surface area contributed by atoms with Gasteiger partial charge in [-0.3, -0.25) is 9.78 Å². The predicted molar refractivity (Wildman–Crippen MR) is 71.3 cm³/mol. The van der Waals surface area contributed by atoms with Crippen molar-refractivity contribution in [2.45, 2.75) is 45.8 Å². The Labute approximate surface area is 113 Å². The van der Waals surface area contributed by atoms with Crippen LogP contribution in [-0.2, 0) is 14.1 Å². The molecule has 1 fully saturated rings. The molecule has 1 aliphatic rings. The maximum atomic E-state index is 10.9. The van der Waals surface area contributed by atoms with Crippen LogP contribution in [0.4, 0.5) is 0 Å². The molecule has 1 saturated heterocycles. The Hall–Kier alpha value is -1.40. The molecule has 19 heavy (non-hydrogen) atoms. The molecule has 0 radical (unpaired) electrons. The number of ether oxygens (including phenoxy) is 1. The van der Waals surface area contributed by atoms with E-state index in [9.17, 15) is 4.79 Å². The second kappa shape index (κ2) is 4.61. The fraction of sp³-hybridized carbons (Fsp3) is 0.538. The van der Waals surface area contributed by atoms with Crippen molar-refractivity contribution in [2.24, 2.45) is 0 Å². The average Bonchev–Trinajstić information content (AvgIpc) is 2.47. The van der Waals surface area contributed by atoms with Gasteiger partial charge in [-0.2, -0.15) is 0 Å². The van der Waals surface area contributed by atoms with E-state index in [0.717, 1.165) is 0 Å². The molecule has 5 nitrogen and oxygen atoms in total. The molecule has 0 bridgehead atoms. The standard InChI is InChI=1S/C13H18BNO4/c1-9(16)17-10-6-7-15-11(8-10)14-18-12(2,3)13(4,5)19-14/h6-8H,1-5H3. The molecule has 2 rings (SSSR count). The minimum Gasteiger partial charge on any atom is -0.427 e. The van der Waals surface area contributed by atoms with Gasteiger partial charge in [0, 0.05) is 13.1 Å². The SMILES string of the molecule is CC(=O)Oc1ccnc(B2OC(C)(C)C(C)(C)O2)c1. The molecule has 1 aromatic rings.